The van der Waals surface area contributed by atoms with Crippen molar-refractivity contribution in [2.24, 2.45) is 0 Å². The van der Waals surface area contributed by atoms with Crippen molar-refractivity contribution >= 4 is 27.4 Å². The molecule has 0 atom stereocenters. The Morgan fingerprint density at radius 2 is 1.81 bits per heavy atom. The number of carboxylic acids is 1. The Hall–Kier alpha value is -2.26. The first-order valence-electron chi connectivity index (χ1n) is 6.97. The van der Waals surface area contributed by atoms with E-state index in [-0.39, 0.29) is 16.3 Å². The summed E-state index contributed by atoms with van der Waals surface area (Å²) in [5.41, 5.74) is -1.19. The second kappa shape index (κ2) is 7.16. The van der Waals surface area contributed by atoms with Crippen LogP contribution in [0.15, 0.2) is 41.3 Å². The third-order valence-corrected chi connectivity index (χ3v) is 4.62. The van der Waals surface area contributed by atoms with Crippen molar-refractivity contribution in [1.29, 1.82) is 0 Å². The lowest BCUT2D eigenvalue weighted by Crippen LogP contribution is -2.10. The van der Waals surface area contributed by atoms with Crippen LogP contribution in [0.4, 0.5) is 13.2 Å². The van der Waals surface area contributed by atoms with Crippen molar-refractivity contribution in [2.45, 2.75) is 17.5 Å². The molecule has 0 aliphatic carbocycles. The number of aliphatic carboxylic acids is 1. The van der Waals surface area contributed by atoms with Gasteiger partial charge in [0.1, 0.15) is 11.5 Å². The largest absolute Gasteiger partial charge is 0.481 e. The van der Waals surface area contributed by atoms with Crippen molar-refractivity contribution in [1.82, 2.24) is 0 Å². The van der Waals surface area contributed by atoms with Crippen molar-refractivity contribution in [2.75, 3.05) is 6.26 Å². The smallest absolute Gasteiger partial charge is 0.420 e. The molecular formula is C16H12ClF3O5S. The summed E-state index contributed by atoms with van der Waals surface area (Å²) >= 11 is 5.81. The second-order valence-electron chi connectivity index (χ2n) is 5.35. The third kappa shape index (κ3) is 4.89. The fourth-order valence-electron chi connectivity index (χ4n) is 2.10. The van der Waals surface area contributed by atoms with Gasteiger partial charge in [0.05, 0.1) is 16.9 Å². The molecular weight excluding hydrogens is 397 g/mol. The quantitative estimate of drug-likeness (QED) is 0.802. The summed E-state index contributed by atoms with van der Waals surface area (Å²) < 4.78 is 68.2. The number of hydrogen-bond donors (Lipinski definition) is 1. The van der Waals surface area contributed by atoms with Gasteiger partial charge in [0.15, 0.2) is 9.84 Å². The van der Waals surface area contributed by atoms with E-state index in [0.29, 0.717) is 6.07 Å². The average Bonchev–Trinajstić information content (AvgIpc) is 2.48. The maximum absolute atomic E-state index is 13.3. The highest BCUT2D eigenvalue weighted by Crippen LogP contribution is 2.40. The lowest BCUT2D eigenvalue weighted by atomic mass is 10.1. The molecule has 0 aliphatic rings. The van der Waals surface area contributed by atoms with E-state index in [2.05, 4.69) is 0 Å². The second-order valence-corrected chi connectivity index (χ2v) is 7.80. The summed E-state index contributed by atoms with van der Waals surface area (Å²) in [6.45, 7) is 0. The Kier molecular flexibility index (Phi) is 5.52. The number of ether oxygens (including phenoxy) is 1. The normalized spacial score (nSPS) is 12.0. The number of benzene rings is 2. The lowest BCUT2D eigenvalue weighted by molar-refractivity contribution is -0.139. The Balaban J connectivity index is 2.57. The summed E-state index contributed by atoms with van der Waals surface area (Å²) in [4.78, 5) is 10.4. The minimum atomic E-state index is -4.89. The monoisotopic (exact) mass is 408 g/mol. The van der Waals surface area contributed by atoms with E-state index in [1.54, 1.807) is 0 Å². The number of rotatable bonds is 5. The molecule has 0 radical (unpaired) electrons. The van der Waals surface area contributed by atoms with E-state index in [4.69, 9.17) is 21.4 Å². The third-order valence-electron chi connectivity index (χ3n) is 3.28. The van der Waals surface area contributed by atoms with Gasteiger partial charge in [-0.1, -0.05) is 17.7 Å². The summed E-state index contributed by atoms with van der Waals surface area (Å²) in [7, 11) is -3.86. The maximum atomic E-state index is 13.3. The van der Waals surface area contributed by atoms with Crippen molar-refractivity contribution < 1.29 is 36.2 Å². The number of halogens is 4. The molecule has 0 saturated heterocycles. The molecule has 0 spiro atoms. The SMILES string of the molecule is CS(=O)(=O)c1ccc(Oc2cc(Cl)ccc2CC(=O)O)c(C(F)(F)F)c1. The molecule has 0 heterocycles. The van der Waals surface area contributed by atoms with Gasteiger partial charge < -0.3 is 9.84 Å². The van der Waals surface area contributed by atoms with Gasteiger partial charge in [0, 0.05) is 16.8 Å². The summed E-state index contributed by atoms with van der Waals surface area (Å²) in [5.74, 6) is -2.04. The van der Waals surface area contributed by atoms with Gasteiger partial charge in [-0.05, 0) is 30.3 Å². The zero-order chi connectivity index (χ0) is 19.7. The summed E-state index contributed by atoms with van der Waals surface area (Å²) in [6, 6.07) is 6.19. The zero-order valence-electron chi connectivity index (χ0n) is 13.2. The summed E-state index contributed by atoms with van der Waals surface area (Å²) in [6.07, 6.45) is -4.60. The molecule has 0 aromatic heterocycles. The first-order valence-corrected chi connectivity index (χ1v) is 9.24. The van der Waals surface area contributed by atoms with E-state index >= 15 is 0 Å². The van der Waals surface area contributed by atoms with Crippen LogP contribution in [0.5, 0.6) is 11.5 Å². The minimum absolute atomic E-state index is 0.113. The molecule has 0 unspecified atom stereocenters. The molecule has 2 aromatic rings. The predicted molar refractivity (Wildman–Crippen MR) is 87.4 cm³/mol. The number of alkyl halides is 3. The standard InChI is InChI=1S/C16H12ClF3O5S/c1-26(23,24)11-4-5-13(12(8-11)16(18,19)20)25-14-7-10(17)3-2-9(14)6-15(21)22/h2-5,7-8H,6H2,1H3,(H,21,22). The topological polar surface area (TPSA) is 80.7 Å². The van der Waals surface area contributed by atoms with Crippen molar-refractivity contribution in [3.8, 4) is 11.5 Å². The van der Waals surface area contributed by atoms with Crippen LogP contribution in [0.25, 0.3) is 0 Å². The molecule has 0 fully saturated rings. The van der Waals surface area contributed by atoms with Crippen LogP contribution < -0.4 is 4.74 Å². The highest BCUT2D eigenvalue weighted by molar-refractivity contribution is 7.90. The number of hydrogen-bond acceptors (Lipinski definition) is 4. The van der Waals surface area contributed by atoms with Crippen LogP contribution in [-0.4, -0.2) is 25.7 Å². The average molecular weight is 409 g/mol. The fourth-order valence-corrected chi connectivity index (χ4v) is 2.91. The van der Waals surface area contributed by atoms with Crippen LogP contribution in [0.2, 0.25) is 5.02 Å². The molecule has 5 nitrogen and oxygen atoms in total. The van der Waals surface area contributed by atoms with Gasteiger partial charge in [-0.2, -0.15) is 13.2 Å². The number of carboxylic acid groups (broad SMARTS) is 1. The fraction of sp³-hybridized carbons (Fsp3) is 0.188. The number of sulfone groups is 1. The van der Waals surface area contributed by atoms with Crippen LogP contribution in [-0.2, 0) is 27.2 Å². The van der Waals surface area contributed by atoms with Gasteiger partial charge in [-0.3, -0.25) is 4.79 Å². The molecule has 0 saturated carbocycles. The van der Waals surface area contributed by atoms with Gasteiger partial charge in [-0.15, -0.1) is 0 Å². The molecule has 10 heteroatoms. The Morgan fingerprint density at radius 3 is 2.35 bits per heavy atom. The van der Waals surface area contributed by atoms with E-state index in [1.165, 1.54) is 18.2 Å². The van der Waals surface area contributed by atoms with Crippen LogP contribution in [0.3, 0.4) is 0 Å². The first kappa shape index (κ1) is 20.1. The highest BCUT2D eigenvalue weighted by Gasteiger charge is 2.36. The lowest BCUT2D eigenvalue weighted by Gasteiger charge is -2.16. The highest BCUT2D eigenvalue weighted by atomic mass is 35.5. The number of carbonyl (C=O) groups is 1. The molecule has 0 aliphatic heterocycles. The van der Waals surface area contributed by atoms with Gasteiger partial charge >= 0.3 is 12.1 Å². The molecule has 2 aromatic carbocycles. The van der Waals surface area contributed by atoms with E-state index in [1.807, 2.05) is 0 Å². The maximum Gasteiger partial charge on any atom is 0.420 e. The van der Waals surface area contributed by atoms with E-state index in [9.17, 15) is 26.4 Å². The van der Waals surface area contributed by atoms with Crippen molar-refractivity contribution in [3.63, 3.8) is 0 Å². The van der Waals surface area contributed by atoms with Gasteiger partial charge in [0.2, 0.25) is 0 Å². The van der Waals surface area contributed by atoms with Gasteiger partial charge in [0.25, 0.3) is 0 Å². The van der Waals surface area contributed by atoms with Crippen molar-refractivity contribution in [3.05, 3.63) is 52.5 Å². The molecule has 1 N–H and O–H groups in total. The van der Waals surface area contributed by atoms with E-state index < -0.39 is 44.6 Å². The zero-order valence-corrected chi connectivity index (χ0v) is 14.7. The van der Waals surface area contributed by atoms with E-state index in [0.717, 1.165) is 18.4 Å². The molecule has 0 bridgehead atoms. The molecule has 0 amide bonds. The summed E-state index contributed by atoms with van der Waals surface area (Å²) in [5, 5.41) is 9.04. The molecule has 2 rings (SSSR count). The van der Waals surface area contributed by atoms with Crippen LogP contribution >= 0.6 is 11.6 Å². The Bertz CT molecular complexity index is 955. The Labute approximate surface area is 151 Å². The van der Waals surface area contributed by atoms with Crippen LogP contribution in [0, 0.1) is 0 Å². The first-order chi connectivity index (χ1) is 11.9. The molecule has 140 valence electrons. The Morgan fingerprint density at radius 1 is 1.15 bits per heavy atom. The predicted octanol–water partition coefficient (Wildman–Crippen LogP) is 4.18. The minimum Gasteiger partial charge on any atom is -0.481 e. The van der Waals surface area contributed by atoms with Gasteiger partial charge in [-0.25, -0.2) is 8.42 Å². The molecule has 26 heavy (non-hydrogen) atoms. The van der Waals surface area contributed by atoms with Crippen LogP contribution in [0.1, 0.15) is 11.1 Å².